The lowest BCUT2D eigenvalue weighted by atomic mass is 10.0. The monoisotopic (exact) mass is 368 g/mol. The predicted molar refractivity (Wildman–Crippen MR) is 103 cm³/mol. The van der Waals surface area contributed by atoms with Crippen molar-refractivity contribution in [3.63, 3.8) is 0 Å². The smallest absolute Gasteiger partial charge is 0.261 e. The van der Waals surface area contributed by atoms with Crippen LogP contribution in [-0.2, 0) is 6.42 Å². The molecular weight excluding hydrogens is 348 g/mol. The van der Waals surface area contributed by atoms with Crippen molar-refractivity contribution in [2.24, 2.45) is 5.92 Å². The van der Waals surface area contributed by atoms with Crippen LogP contribution >= 0.6 is 11.3 Å². The largest absolute Gasteiger partial charge is 0.396 e. The molecule has 2 aromatic heterocycles. The number of amides is 1. The Hall–Kier alpha value is -2.70. The third kappa shape index (κ3) is 4.47. The number of aromatic amines is 1. The molecule has 5 nitrogen and oxygen atoms in total. The van der Waals surface area contributed by atoms with Gasteiger partial charge < -0.3 is 15.4 Å². The number of benzene rings is 1. The Morgan fingerprint density at radius 3 is 2.62 bits per heavy atom. The van der Waals surface area contributed by atoms with Crippen LogP contribution in [0.1, 0.15) is 15.9 Å². The van der Waals surface area contributed by atoms with Gasteiger partial charge in [-0.2, -0.15) is 11.3 Å². The highest BCUT2D eigenvalue weighted by Crippen LogP contribution is 2.15. The standard InChI is InChI=1S/C20H20N2O3S/c23-12-15(10-14-8-9-26-13-14)11-21-19(24)17-6-7-18(22-20(17)25)16-4-2-1-3-5-16/h1-9,13,15,23H,10-12H2,(H,21,24)(H,22,25)/t15-/m0/s1. The molecule has 0 bridgehead atoms. The SMILES string of the molecule is O=C(NC[C@@H](CO)Cc1ccsc1)c1ccc(-c2ccccc2)[nH]c1=O. The summed E-state index contributed by atoms with van der Waals surface area (Å²) in [5.41, 5.74) is 2.32. The zero-order valence-electron chi connectivity index (χ0n) is 14.1. The van der Waals surface area contributed by atoms with Gasteiger partial charge in [0.15, 0.2) is 0 Å². The van der Waals surface area contributed by atoms with E-state index < -0.39 is 11.5 Å². The highest BCUT2D eigenvalue weighted by Gasteiger charge is 2.15. The normalized spacial score (nSPS) is 11.9. The molecule has 1 atom stereocenters. The van der Waals surface area contributed by atoms with Gasteiger partial charge in [0.2, 0.25) is 0 Å². The van der Waals surface area contributed by atoms with Gasteiger partial charge in [-0.3, -0.25) is 9.59 Å². The maximum absolute atomic E-state index is 12.3. The molecule has 26 heavy (non-hydrogen) atoms. The highest BCUT2D eigenvalue weighted by molar-refractivity contribution is 7.07. The third-order valence-electron chi connectivity index (χ3n) is 4.15. The number of thiophene rings is 1. The van der Waals surface area contributed by atoms with Crippen molar-refractivity contribution in [2.45, 2.75) is 6.42 Å². The number of carbonyl (C=O) groups excluding carboxylic acids is 1. The maximum atomic E-state index is 12.3. The first-order valence-corrected chi connectivity index (χ1v) is 9.30. The van der Waals surface area contributed by atoms with Gasteiger partial charge in [-0.15, -0.1) is 0 Å². The van der Waals surface area contributed by atoms with Crippen LogP contribution in [0.15, 0.2) is 64.1 Å². The van der Waals surface area contributed by atoms with Crippen LogP contribution in [-0.4, -0.2) is 29.1 Å². The van der Waals surface area contributed by atoms with E-state index in [1.807, 2.05) is 47.2 Å². The summed E-state index contributed by atoms with van der Waals surface area (Å²) in [6.45, 7) is 0.282. The van der Waals surface area contributed by atoms with Crippen LogP contribution in [0.2, 0.25) is 0 Å². The summed E-state index contributed by atoms with van der Waals surface area (Å²) < 4.78 is 0. The van der Waals surface area contributed by atoms with Crippen LogP contribution in [0.3, 0.4) is 0 Å². The second kappa shape index (κ2) is 8.60. The van der Waals surface area contributed by atoms with E-state index in [1.54, 1.807) is 17.4 Å². The number of pyridine rings is 1. The molecule has 134 valence electrons. The first-order chi connectivity index (χ1) is 12.7. The van der Waals surface area contributed by atoms with E-state index in [9.17, 15) is 14.7 Å². The second-order valence-corrected chi connectivity index (χ2v) is 6.86. The van der Waals surface area contributed by atoms with Gasteiger partial charge >= 0.3 is 0 Å². The topological polar surface area (TPSA) is 82.2 Å². The zero-order valence-corrected chi connectivity index (χ0v) is 15.0. The van der Waals surface area contributed by atoms with E-state index in [0.717, 1.165) is 11.1 Å². The third-order valence-corrected chi connectivity index (χ3v) is 4.88. The lowest BCUT2D eigenvalue weighted by Gasteiger charge is -2.14. The Balaban J connectivity index is 1.65. The van der Waals surface area contributed by atoms with Crippen molar-refractivity contribution in [3.05, 3.63) is 80.8 Å². The number of aliphatic hydroxyl groups is 1. The van der Waals surface area contributed by atoms with Crippen LogP contribution < -0.4 is 10.9 Å². The summed E-state index contributed by atoms with van der Waals surface area (Å²) in [6, 6.07) is 14.7. The summed E-state index contributed by atoms with van der Waals surface area (Å²) >= 11 is 1.60. The van der Waals surface area contributed by atoms with Crippen molar-refractivity contribution < 1.29 is 9.90 Å². The number of hydrogen-bond donors (Lipinski definition) is 3. The lowest BCUT2D eigenvalue weighted by molar-refractivity contribution is 0.0938. The van der Waals surface area contributed by atoms with Crippen molar-refractivity contribution in [3.8, 4) is 11.3 Å². The maximum Gasteiger partial charge on any atom is 0.261 e. The van der Waals surface area contributed by atoms with Gasteiger partial charge in [0.1, 0.15) is 5.56 Å². The molecular formula is C20H20N2O3S. The van der Waals surface area contributed by atoms with Gasteiger partial charge in [0.05, 0.1) is 0 Å². The van der Waals surface area contributed by atoms with Gasteiger partial charge in [-0.25, -0.2) is 0 Å². The number of aliphatic hydroxyl groups excluding tert-OH is 1. The number of rotatable bonds is 7. The zero-order chi connectivity index (χ0) is 18.4. The summed E-state index contributed by atoms with van der Waals surface area (Å²) in [7, 11) is 0. The fourth-order valence-corrected chi connectivity index (χ4v) is 3.40. The molecule has 3 rings (SSSR count). The molecule has 2 heterocycles. The van der Waals surface area contributed by atoms with Gasteiger partial charge in [-0.1, -0.05) is 30.3 Å². The average Bonchev–Trinajstić information content (AvgIpc) is 3.18. The van der Waals surface area contributed by atoms with Crippen molar-refractivity contribution in [1.82, 2.24) is 10.3 Å². The van der Waals surface area contributed by atoms with E-state index >= 15 is 0 Å². The molecule has 0 saturated heterocycles. The molecule has 0 aliphatic rings. The first kappa shape index (κ1) is 18.1. The number of nitrogens with one attached hydrogen (secondary N) is 2. The van der Waals surface area contributed by atoms with E-state index in [4.69, 9.17) is 0 Å². The Morgan fingerprint density at radius 1 is 1.15 bits per heavy atom. The molecule has 3 N–H and O–H groups in total. The van der Waals surface area contributed by atoms with Crippen LogP contribution in [0, 0.1) is 5.92 Å². The molecule has 0 aliphatic heterocycles. The second-order valence-electron chi connectivity index (χ2n) is 6.08. The van der Waals surface area contributed by atoms with Crippen molar-refractivity contribution in [1.29, 1.82) is 0 Å². The van der Waals surface area contributed by atoms with Crippen LogP contribution in [0.4, 0.5) is 0 Å². The van der Waals surface area contributed by atoms with Crippen LogP contribution in [0.5, 0.6) is 0 Å². The minimum absolute atomic E-state index is 0.0283. The van der Waals surface area contributed by atoms with Crippen molar-refractivity contribution in [2.75, 3.05) is 13.2 Å². The highest BCUT2D eigenvalue weighted by atomic mass is 32.1. The molecule has 1 aromatic carbocycles. The Labute approximate surface area is 155 Å². The molecule has 0 aliphatic carbocycles. The molecule has 0 fully saturated rings. The summed E-state index contributed by atoms with van der Waals surface area (Å²) in [6.07, 6.45) is 0.684. The molecule has 0 saturated carbocycles. The molecule has 0 unspecified atom stereocenters. The molecule has 6 heteroatoms. The van der Waals surface area contributed by atoms with Gasteiger partial charge in [0, 0.05) is 24.8 Å². The average molecular weight is 368 g/mol. The number of hydrogen-bond acceptors (Lipinski definition) is 4. The predicted octanol–water partition coefficient (Wildman–Crippen LogP) is 2.68. The van der Waals surface area contributed by atoms with Gasteiger partial charge in [-0.05, 0) is 46.5 Å². The summed E-state index contributed by atoms with van der Waals surface area (Å²) in [5, 5.41) is 16.3. The number of carbonyl (C=O) groups is 1. The lowest BCUT2D eigenvalue weighted by Crippen LogP contribution is -2.34. The number of aromatic nitrogens is 1. The minimum Gasteiger partial charge on any atom is -0.396 e. The fraction of sp³-hybridized carbons (Fsp3) is 0.200. The fourth-order valence-electron chi connectivity index (χ4n) is 2.71. The molecule has 0 spiro atoms. The summed E-state index contributed by atoms with van der Waals surface area (Å²) in [5.74, 6) is -0.522. The van der Waals surface area contributed by atoms with E-state index in [-0.39, 0.29) is 18.1 Å². The Morgan fingerprint density at radius 2 is 1.96 bits per heavy atom. The molecule has 1 amide bonds. The first-order valence-electron chi connectivity index (χ1n) is 8.36. The van der Waals surface area contributed by atoms with E-state index in [2.05, 4.69) is 10.3 Å². The Bertz CT molecular complexity index is 904. The Kier molecular flexibility index (Phi) is 5.99. The number of H-pyrrole nitrogens is 1. The summed E-state index contributed by atoms with van der Waals surface area (Å²) in [4.78, 5) is 27.3. The van der Waals surface area contributed by atoms with Crippen LogP contribution in [0.25, 0.3) is 11.3 Å². The minimum atomic E-state index is -0.436. The quantitative estimate of drug-likeness (QED) is 0.600. The van der Waals surface area contributed by atoms with E-state index in [1.165, 1.54) is 6.07 Å². The van der Waals surface area contributed by atoms with E-state index in [0.29, 0.717) is 18.7 Å². The molecule has 0 radical (unpaired) electrons. The molecule has 3 aromatic rings. The van der Waals surface area contributed by atoms with Crippen molar-refractivity contribution >= 4 is 17.2 Å². The van der Waals surface area contributed by atoms with Gasteiger partial charge in [0.25, 0.3) is 11.5 Å².